The molecule has 2 rings (SSSR count). The maximum absolute atomic E-state index is 12.3. The van der Waals surface area contributed by atoms with Gasteiger partial charge in [-0.15, -0.1) is 0 Å². The van der Waals surface area contributed by atoms with Crippen LogP contribution in [0.3, 0.4) is 0 Å². The molecule has 2 atom stereocenters. The van der Waals surface area contributed by atoms with Gasteiger partial charge in [0.05, 0.1) is 24.0 Å². The van der Waals surface area contributed by atoms with Gasteiger partial charge < -0.3 is 15.3 Å². The summed E-state index contributed by atoms with van der Waals surface area (Å²) in [5.41, 5.74) is 1.29. The zero-order chi connectivity index (χ0) is 13.8. The standard InChI is InChI=1S/C14H21N3O2/c1-15-10-7-8-11(16-9-10)14(19)17(2)12-5-3-4-6-13(12)18/h7-9,12-13,15,18H,3-6H2,1-2H3. The Morgan fingerprint density at radius 2 is 2.16 bits per heavy atom. The fourth-order valence-corrected chi connectivity index (χ4v) is 2.54. The van der Waals surface area contributed by atoms with Crippen molar-refractivity contribution < 1.29 is 9.90 Å². The highest BCUT2D eigenvalue weighted by molar-refractivity contribution is 5.92. The van der Waals surface area contributed by atoms with Crippen LogP contribution in [-0.2, 0) is 0 Å². The molecule has 0 aromatic carbocycles. The van der Waals surface area contributed by atoms with Crippen molar-refractivity contribution in [1.82, 2.24) is 9.88 Å². The lowest BCUT2D eigenvalue weighted by molar-refractivity contribution is 0.0264. The monoisotopic (exact) mass is 263 g/mol. The fraction of sp³-hybridized carbons (Fsp3) is 0.571. The van der Waals surface area contributed by atoms with E-state index in [1.807, 2.05) is 13.1 Å². The third-order valence-corrected chi connectivity index (χ3v) is 3.78. The van der Waals surface area contributed by atoms with Crippen molar-refractivity contribution in [3.05, 3.63) is 24.0 Å². The van der Waals surface area contributed by atoms with Gasteiger partial charge in [-0.1, -0.05) is 12.8 Å². The van der Waals surface area contributed by atoms with E-state index in [4.69, 9.17) is 0 Å². The number of carbonyl (C=O) groups excluding carboxylic acids is 1. The van der Waals surface area contributed by atoms with E-state index in [1.54, 1.807) is 24.2 Å². The van der Waals surface area contributed by atoms with Crippen LogP contribution in [0.25, 0.3) is 0 Å². The Hall–Kier alpha value is -1.62. The van der Waals surface area contributed by atoms with E-state index in [1.165, 1.54) is 0 Å². The highest BCUT2D eigenvalue weighted by Gasteiger charge is 2.30. The van der Waals surface area contributed by atoms with Crippen LogP contribution in [-0.4, -0.2) is 47.1 Å². The van der Waals surface area contributed by atoms with Gasteiger partial charge in [-0.05, 0) is 25.0 Å². The van der Waals surface area contributed by atoms with Crippen molar-refractivity contribution in [2.45, 2.75) is 37.8 Å². The lowest BCUT2D eigenvalue weighted by atomic mass is 9.91. The van der Waals surface area contributed by atoms with Crippen molar-refractivity contribution in [2.24, 2.45) is 0 Å². The number of aliphatic hydroxyl groups is 1. The number of aromatic nitrogens is 1. The Balaban J connectivity index is 2.08. The molecule has 5 heteroatoms. The van der Waals surface area contributed by atoms with Crippen LogP contribution in [0, 0.1) is 0 Å². The first-order valence-electron chi connectivity index (χ1n) is 6.72. The number of pyridine rings is 1. The first-order chi connectivity index (χ1) is 9.13. The number of rotatable bonds is 3. The summed E-state index contributed by atoms with van der Waals surface area (Å²) in [5.74, 6) is -0.131. The van der Waals surface area contributed by atoms with E-state index in [9.17, 15) is 9.90 Å². The van der Waals surface area contributed by atoms with Crippen LogP contribution in [0.1, 0.15) is 36.2 Å². The number of aliphatic hydroxyl groups excluding tert-OH is 1. The molecule has 1 aliphatic carbocycles. The molecule has 104 valence electrons. The van der Waals surface area contributed by atoms with E-state index in [0.717, 1.165) is 31.4 Å². The highest BCUT2D eigenvalue weighted by atomic mass is 16.3. The summed E-state index contributed by atoms with van der Waals surface area (Å²) in [6, 6.07) is 3.44. The van der Waals surface area contributed by atoms with Crippen molar-refractivity contribution in [3.63, 3.8) is 0 Å². The molecule has 1 aliphatic rings. The van der Waals surface area contributed by atoms with Crippen molar-refractivity contribution in [1.29, 1.82) is 0 Å². The number of amides is 1. The van der Waals surface area contributed by atoms with E-state index >= 15 is 0 Å². The molecule has 0 bridgehead atoms. The van der Waals surface area contributed by atoms with Crippen LogP contribution in [0.5, 0.6) is 0 Å². The van der Waals surface area contributed by atoms with Gasteiger partial charge in [0, 0.05) is 14.1 Å². The molecule has 5 nitrogen and oxygen atoms in total. The summed E-state index contributed by atoms with van der Waals surface area (Å²) >= 11 is 0. The number of hydrogen-bond donors (Lipinski definition) is 2. The number of nitrogens with one attached hydrogen (secondary N) is 1. The van der Waals surface area contributed by atoms with Gasteiger partial charge in [0.15, 0.2) is 0 Å². The maximum Gasteiger partial charge on any atom is 0.272 e. The van der Waals surface area contributed by atoms with Gasteiger partial charge >= 0.3 is 0 Å². The van der Waals surface area contributed by atoms with Crippen LogP contribution in [0.4, 0.5) is 5.69 Å². The maximum atomic E-state index is 12.3. The lowest BCUT2D eigenvalue weighted by Gasteiger charge is -2.35. The van der Waals surface area contributed by atoms with Gasteiger partial charge in [0.25, 0.3) is 5.91 Å². The molecule has 2 unspecified atom stereocenters. The van der Waals surface area contributed by atoms with E-state index < -0.39 is 6.10 Å². The molecule has 1 aromatic rings. The van der Waals surface area contributed by atoms with Crippen LogP contribution in [0.15, 0.2) is 18.3 Å². The third-order valence-electron chi connectivity index (χ3n) is 3.78. The summed E-state index contributed by atoms with van der Waals surface area (Å²) in [7, 11) is 3.55. The number of likely N-dealkylation sites (N-methyl/N-ethyl adjacent to an activating group) is 1. The number of hydrogen-bond acceptors (Lipinski definition) is 4. The molecule has 1 fully saturated rings. The molecule has 0 aliphatic heterocycles. The average Bonchev–Trinajstić information content (AvgIpc) is 2.46. The van der Waals surface area contributed by atoms with Gasteiger partial charge in [-0.3, -0.25) is 4.79 Å². The predicted octanol–water partition coefficient (Wildman–Crippen LogP) is 1.50. The van der Waals surface area contributed by atoms with E-state index in [2.05, 4.69) is 10.3 Å². The molecule has 19 heavy (non-hydrogen) atoms. The van der Waals surface area contributed by atoms with Crippen molar-refractivity contribution >= 4 is 11.6 Å². The van der Waals surface area contributed by atoms with E-state index in [0.29, 0.717) is 5.69 Å². The first-order valence-corrected chi connectivity index (χ1v) is 6.72. The molecule has 0 spiro atoms. The Morgan fingerprint density at radius 3 is 2.74 bits per heavy atom. The molecular weight excluding hydrogens is 242 g/mol. The van der Waals surface area contributed by atoms with Gasteiger partial charge in [-0.2, -0.15) is 0 Å². The zero-order valence-corrected chi connectivity index (χ0v) is 11.5. The number of nitrogens with zero attached hydrogens (tertiary/aromatic N) is 2. The SMILES string of the molecule is CNc1ccc(C(=O)N(C)C2CCCCC2O)nc1. The van der Waals surface area contributed by atoms with Crippen LogP contribution < -0.4 is 5.32 Å². The lowest BCUT2D eigenvalue weighted by Crippen LogP contribution is -2.46. The summed E-state index contributed by atoms with van der Waals surface area (Å²) in [4.78, 5) is 18.1. The second kappa shape index (κ2) is 6.02. The smallest absolute Gasteiger partial charge is 0.272 e. The minimum absolute atomic E-state index is 0.0907. The summed E-state index contributed by atoms with van der Waals surface area (Å²) in [6.07, 6.45) is 4.95. The first kappa shape index (κ1) is 13.8. The molecule has 1 aromatic heterocycles. The molecular formula is C14H21N3O2. The van der Waals surface area contributed by atoms with Crippen molar-refractivity contribution in [3.8, 4) is 0 Å². The van der Waals surface area contributed by atoms with Gasteiger partial charge in [0.2, 0.25) is 0 Å². The molecule has 1 amide bonds. The predicted molar refractivity (Wildman–Crippen MR) is 74.1 cm³/mol. The second-order valence-corrected chi connectivity index (χ2v) is 5.02. The van der Waals surface area contributed by atoms with Crippen molar-refractivity contribution in [2.75, 3.05) is 19.4 Å². The second-order valence-electron chi connectivity index (χ2n) is 5.02. The quantitative estimate of drug-likeness (QED) is 0.867. The summed E-state index contributed by atoms with van der Waals surface area (Å²) < 4.78 is 0. The Kier molecular flexibility index (Phi) is 4.37. The summed E-state index contributed by atoms with van der Waals surface area (Å²) in [6.45, 7) is 0. The molecule has 0 radical (unpaired) electrons. The minimum Gasteiger partial charge on any atom is -0.391 e. The zero-order valence-electron chi connectivity index (χ0n) is 11.5. The molecule has 1 heterocycles. The topological polar surface area (TPSA) is 65.5 Å². The third kappa shape index (κ3) is 3.04. The average molecular weight is 263 g/mol. The number of carbonyl (C=O) groups is 1. The van der Waals surface area contributed by atoms with E-state index in [-0.39, 0.29) is 11.9 Å². The molecule has 1 saturated carbocycles. The Bertz CT molecular complexity index is 433. The highest BCUT2D eigenvalue weighted by Crippen LogP contribution is 2.23. The Labute approximate surface area is 113 Å². The van der Waals surface area contributed by atoms with Gasteiger partial charge in [0.1, 0.15) is 5.69 Å². The molecule has 2 N–H and O–H groups in total. The number of anilines is 1. The fourth-order valence-electron chi connectivity index (χ4n) is 2.54. The van der Waals surface area contributed by atoms with Crippen LogP contribution >= 0.6 is 0 Å². The molecule has 0 saturated heterocycles. The minimum atomic E-state index is -0.417. The largest absolute Gasteiger partial charge is 0.391 e. The Morgan fingerprint density at radius 1 is 1.42 bits per heavy atom. The summed E-state index contributed by atoms with van der Waals surface area (Å²) in [5, 5.41) is 13.0. The normalized spacial score (nSPS) is 22.9. The van der Waals surface area contributed by atoms with Crippen LogP contribution in [0.2, 0.25) is 0 Å². The van der Waals surface area contributed by atoms with Gasteiger partial charge in [-0.25, -0.2) is 4.98 Å².